The van der Waals surface area contributed by atoms with Crippen molar-refractivity contribution in [1.82, 2.24) is 14.7 Å². The van der Waals surface area contributed by atoms with Crippen LogP contribution in [-0.4, -0.2) is 80.1 Å². The summed E-state index contributed by atoms with van der Waals surface area (Å²) in [5.41, 5.74) is 4.83. The quantitative estimate of drug-likeness (QED) is 0.351. The molecule has 0 spiro atoms. The standard InChI is InChI=1S/C28H44N5S/c1-7-30(8-2)17-19-32(11-5)23-13-15-25-27(21-23)34-28-22-24(14-16-26(28)29-25)33(12-6)20-18-31(9-3)10-4/h13-15,21-22,29H,7-12,17-20H2,1-6H3/q+1. The Hall–Kier alpha value is -1.98. The van der Waals surface area contributed by atoms with Crippen molar-refractivity contribution in [3.05, 3.63) is 52.7 Å². The van der Waals surface area contributed by atoms with Gasteiger partial charge in [-0.05, 0) is 70.0 Å². The predicted molar refractivity (Wildman–Crippen MR) is 150 cm³/mol. The van der Waals surface area contributed by atoms with Gasteiger partial charge < -0.3 is 24.9 Å². The van der Waals surface area contributed by atoms with Crippen LogP contribution in [0.4, 0.5) is 11.4 Å². The van der Waals surface area contributed by atoms with Crippen molar-refractivity contribution in [3.63, 3.8) is 0 Å². The number of nitrogens with one attached hydrogen (secondary N) is 1. The van der Waals surface area contributed by atoms with Crippen LogP contribution >= 0.6 is 11.8 Å². The molecule has 0 amide bonds. The van der Waals surface area contributed by atoms with Crippen LogP contribution in [0.1, 0.15) is 41.5 Å². The van der Waals surface area contributed by atoms with Crippen LogP contribution in [0.3, 0.4) is 0 Å². The first kappa shape index (κ1) is 26.6. The second-order valence-corrected chi connectivity index (χ2v) is 9.80. The summed E-state index contributed by atoms with van der Waals surface area (Å²) in [6.45, 7) is 24.2. The fourth-order valence-electron chi connectivity index (χ4n) is 4.52. The van der Waals surface area contributed by atoms with E-state index in [1.807, 2.05) is 11.8 Å². The highest BCUT2D eigenvalue weighted by Gasteiger charge is 2.28. The molecule has 0 radical (unpaired) electrons. The molecule has 186 valence electrons. The summed E-state index contributed by atoms with van der Waals surface area (Å²) in [5, 5.41) is 3.62. The number of anilines is 2. The zero-order valence-corrected chi connectivity index (χ0v) is 23.0. The van der Waals surface area contributed by atoms with Gasteiger partial charge in [0.25, 0.3) is 0 Å². The summed E-state index contributed by atoms with van der Waals surface area (Å²) >= 11 is 1.87. The number of fused-ring (bicyclic) bond motifs is 1. The zero-order valence-electron chi connectivity index (χ0n) is 22.2. The number of rotatable bonds is 14. The van der Waals surface area contributed by atoms with Crippen molar-refractivity contribution in [3.8, 4) is 0 Å². The number of thioether (sulfide) groups is 1. The minimum Gasteiger partial charge on any atom is -0.370 e. The third-order valence-corrected chi connectivity index (χ3v) is 8.09. The third kappa shape index (κ3) is 6.57. The third-order valence-electron chi connectivity index (χ3n) is 6.99. The summed E-state index contributed by atoms with van der Waals surface area (Å²) < 4.78 is 0. The molecule has 6 heteroatoms. The Morgan fingerprint density at radius 2 is 1.38 bits per heavy atom. The molecule has 0 bridgehead atoms. The molecule has 1 aromatic rings. The van der Waals surface area contributed by atoms with Crippen molar-refractivity contribution in [2.75, 3.05) is 75.7 Å². The van der Waals surface area contributed by atoms with Crippen LogP contribution in [0.5, 0.6) is 0 Å². The van der Waals surface area contributed by atoms with Gasteiger partial charge in [0.2, 0.25) is 5.70 Å². The fraction of sp³-hybridized carbons (Fsp3) is 0.571. The van der Waals surface area contributed by atoms with Gasteiger partial charge >= 0.3 is 0 Å². The lowest BCUT2D eigenvalue weighted by Gasteiger charge is -2.28. The number of likely N-dealkylation sites (N-methyl/N-ethyl adjacent to an activating group) is 4. The second-order valence-electron chi connectivity index (χ2n) is 8.72. The smallest absolute Gasteiger partial charge is 0.222 e. The number of benzene rings is 1. The highest BCUT2D eigenvalue weighted by molar-refractivity contribution is 8.03. The maximum atomic E-state index is 3.62. The average Bonchev–Trinajstić information content (AvgIpc) is 2.87. The second kappa shape index (κ2) is 13.2. The molecule has 1 aliphatic carbocycles. The molecule has 0 atom stereocenters. The zero-order chi connectivity index (χ0) is 24.5. The van der Waals surface area contributed by atoms with Crippen LogP contribution in [0, 0.1) is 6.08 Å². The SMILES string of the molecule is CCN(CC)CCN(CC)C1=CC2=C([C+]=C1)Nc1ccc(N(CC)CCN(CC)CC)cc1S2. The van der Waals surface area contributed by atoms with E-state index in [9.17, 15) is 0 Å². The van der Waals surface area contributed by atoms with Crippen LogP contribution in [0.15, 0.2) is 51.5 Å². The lowest BCUT2D eigenvalue weighted by Crippen LogP contribution is -2.35. The molecule has 34 heavy (non-hydrogen) atoms. The lowest BCUT2D eigenvalue weighted by molar-refractivity contribution is 0.253. The van der Waals surface area contributed by atoms with E-state index < -0.39 is 0 Å². The van der Waals surface area contributed by atoms with Crippen molar-refractivity contribution >= 4 is 23.1 Å². The Kier molecular flexibility index (Phi) is 10.3. The first-order chi connectivity index (χ1) is 16.6. The summed E-state index contributed by atoms with van der Waals surface area (Å²) in [5.74, 6) is 0. The van der Waals surface area contributed by atoms with Gasteiger partial charge in [0.05, 0.1) is 22.7 Å². The molecular formula is C28H44N5S+. The van der Waals surface area contributed by atoms with Crippen molar-refractivity contribution in [2.24, 2.45) is 0 Å². The van der Waals surface area contributed by atoms with Crippen LogP contribution in [0.2, 0.25) is 0 Å². The minimum atomic E-state index is 1.00. The van der Waals surface area contributed by atoms with Gasteiger partial charge in [-0.15, -0.1) is 0 Å². The number of hydrogen-bond acceptors (Lipinski definition) is 6. The highest BCUT2D eigenvalue weighted by Crippen LogP contribution is 2.44. The lowest BCUT2D eigenvalue weighted by atomic mass is 10.1. The number of allylic oxidation sites excluding steroid dienone is 3. The fourth-order valence-corrected chi connectivity index (χ4v) is 5.56. The summed E-state index contributed by atoms with van der Waals surface area (Å²) in [6, 6.07) is 6.83. The Morgan fingerprint density at radius 1 is 0.765 bits per heavy atom. The predicted octanol–water partition coefficient (Wildman–Crippen LogP) is 5.50. The maximum absolute atomic E-state index is 3.62. The molecule has 1 heterocycles. The van der Waals surface area contributed by atoms with E-state index >= 15 is 0 Å². The van der Waals surface area contributed by atoms with Crippen molar-refractivity contribution in [1.29, 1.82) is 0 Å². The average molecular weight is 483 g/mol. The molecule has 0 aromatic heterocycles. The topological polar surface area (TPSA) is 25.0 Å². The van der Waals surface area contributed by atoms with E-state index in [1.54, 1.807) is 0 Å². The normalized spacial score (nSPS) is 14.5. The van der Waals surface area contributed by atoms with Crippen molar-refractivity contribution in [2.45, 2.75) is 46.4 Å². The van der Waals surface area contributed by atoms with E-state index in [1.165, 1.54) is 26.9 Å². The Labute approximate surface area is 212 Å². The summed E-state index contributed by atoms with van der Waals surface area (Å²) in [6.07, 6.45) is 8.00. The van der Waals surface area contributed by atoms with Gasteiger partial charge in [-0.2, -0.15) is 0 Å². The molecular weight excluding hydrogens is 438 g/mol. The van der Waals surface area contributed by atoms with Gasteiger partial charge in [0.15, 0.2) is 10.6 Å². The van der Waals surface area contributed by atoms with Crippen molar-refractivity contribution < 1.29 is 0 Å². The van der Waals surface area contributed by atoms with Crippen LogP contribution < -0.4 is 10.2 Å². The molecule has 2 aliphatic rings. The monoisotopic (exact) mass is 482 g/mol. The van der Waals surface area contributed by atoms with Gasteiger partial charge in [0, 0.05) is 45.0 Å². The molecule has 0 unspecified atom stereocenters. The molecule has 1 N–H and O–H groups in total. The van der Waals surface area contributed by atoms with Crippen LogP contribution in [-0.2, 0) is 0 Å². The largest absolute Gasteiger partial charge is 0.370 e. The van der Waals surface area contributed by atoms with E-state index in [0.29, 0.717) is 0 Å². The molecule has 1 aliphatic heterocycles. The van der Waals surface area contributed by atoms with Gasteiger partial charge in [-0.3, -0.25) is 0 Å². The van der Waals surface area contributed by atoms with E-state index in [2.05, 4.69) is 103 Å². The highest BCUT2D eigenvalue weighted by atomic mass is 32.2. The first-order valence-corrected chi connectivity index (χ1v) is 14.0. The number of hydrogen-bond donors (Lipinski definition) is 1. The molecule has 0 saturated carbocycles. The maximum Gasteiger partial charge on any atom is 0.222 e. The Morgan fingerprint density at radius 3 is 1.97 bits per heavy atom. The number of nitrogens with zero attached hydrogens (tertiary/aromatic N) is 4. The molecule has 0 saturated heterocycles. The summed E-state index contributed by atoms with van der Waals surface area (Å²) in [7, 11) is 0. The molecule has 0 fully saturated rings. The summed E-state index contributed by atoms with van der Waals surface area (Å²) in [4.78, 5) is 12.5. The Balaban J connectivity index is 1.72. The van der Waals surface area contributed by atoms with Gasteiger partial charge in [0.1, 0.15) is 6.08 Å². The first-order valence-electron chi connectivity index (χ1n) is 13.2. The van der Waals surface area contributed by atoms with E-state index in [4.69, 9.17) is 0 Å². The van der Waals surface area contributed by atoms with E-state index in [0.717, 1.165) is 71.1 Å². The minimum absolute atomic E-state index is 1.00. The van der Waals surface area contributed by atoms with E-state index in [-0.39, 0.29) is 0 Å². The van der Waals surface area contributed by atoms with Gasteiger partial charge in [-0.1, -0.05) is 27.7 Å². The Bertz CT molecular complexity index is 883. The van der Waals surface area contributed by atoms with Gasteiger partial charge in [-0.25, -0.2) is 0 Å². The van der Waals surface area contributed by atoms with Crippen LogP contribution in [0.25, 0.3) is 0 Å². The molecule has 5 nitrogen and oxygen atoms in total. The molecule has 1 aromatic carbocycles. The molecule has 3 rings (SSSR count).